The van der Waals surface area contributed by atoms with Crippen molar-refractivity contribution in [2.24, 2.45) is 5.73 Å². The highest BCUT2D eigenvalue weighted by atomic mass is 16.2. The number of hydrogen-bond donors (Lipinski definition) is 2. The van der Waals surface area contributed by atoms with Gasteiger partial charge in [0.05, 0.1) is 11.9 Å². The molecule has 2 heterocycles. The van der Waals surface area contributed by atoms with Crippen molar-refractivity contribution in [3.05, 3.63) is 12.4 Å². The molecular formula is C13H22N6O2. The summed E-state index contributed by atoms with van der Waals surface area (Å²) >= 11 is 0. The molecule has 116 valence electrons. The number of likely N-dealkylation sites (tertiary alicyclic amines) is 1. The largest absolute Gasteiger partial charge is 0.380 e. The molecule has 0 saturated carbocycles. The first-order valence-corrected chi connectivity index (χ1v) is 6.99. The molecule has 0 spiro atoms. The van der Waals surface area contributed by atoms with E-state index in [0.717, 1.165) is 31.6 Å². The second kappa shape index (κ2) is 6.47. The van der Waals surface area contributed by atoms with E-state index in [2.05, 4.69) is 10.4 Å². The maximum Gasteiger partial charge on any atom is 0.319 e. The van der Waals surface area contributed by atoms with E-state index >= 15 is 0 Å². The van der Waals surface area contributed by atoms with Gasteiger partial charge in [-0.15, -0.1) is 0 Å². The molecule has 0 bridgehead atoms. The third-order valence-electron chi connectivity index (χ3n) is 3.47. The highest BCUT2D eigenvalue weighted by molar-refractivity contribution is 5.74. The van der Waals surface area contributed by atoms with Crippen LogP contribution in [0.25, 0.3) is 0 Å². The smallest absolute Gasteiger partial charge is 0.319 e. The van der Waals surface area contributed by atoms with Crippen LogP contribution in [0, 0.1) is 0 Å². The molecule has 21 heavy (non-hydrogen) atoms. The average Bonchev–Trinajstić information content (AvgIpc) is 2.85. The number of carbonyl (C=O) groups is 2. The summed E-state index contributed by atoms with van der Waals surface area (Å²) in [5.74, 6) is -0.417. The van der Waals surface area contributed by atoms with E-state index in [9.17, 15) is 9.59 Å². The molecule has 3 amide bonds. The Kier molecular flexibility index (Phi) is 4.66. The van der Waals surface area contributed by atoms with Crippen molar-refractivity contribution in [3.63, 3.8) is 0 Å². The van der Waals surface area contributed by atoms with Crippen molar-refractivity contribution in [2.45, 2.75) is 25.4 Å². The van der Waals surface area contributed by atoms with E-state index < -0.39 is 5.91 Å². The van der Waals surface area contributed by atoms with Gasteiger partial charge in [0.1, 0.15) is 6.54 Å². The van der Waals surface area contributed by atoms with E-state index in [1.165, 1.54) is 4.68 Å². The molecule has 1 saturated heterocycles. The summed E-state index contributed by atoms with van der Waals surface area (Å²) in [6, 6.07) is 0.366. The summed E-state index contributed by atoms with van der Waals surface area (Å²) in [6.07, 6.45) is 5.23. The molecule has 0 atom stereocenters. The number of rotatable bonds is 4. The molecule has 8 nitrogen and oxygen atoms in total. The lowest BCUT2D eigenvalue weighted by Gasteiger charge is -2.34. The molecule has 0 radical (unpaired) electrons. The summed E-state index contributed by atoms with van der Waals surface area (Å²) in [7, 11) is 3.53. The average molecular weight is 294 g/mol. The number of aromatic nitrogens is 2. The van der Waals surface area contributed by atoms with Gasteiger partial charge in [0.25, 0.3) is 0 Å². The summed E-state index contributed by atoms with van der Waals surface area (Å²) in [5, 5.41) is 7.45. The fraction of sp³-hybridized carbons (Fsp3) is 0.615. The minimum Gasteiger partial charge on any atom is -0.380 e. The fourth-order valence-corrected chi connectivity index (χ4v) is 2.42. The Labute approximate surface area is 123 Å². The van der Waals surface area contributed by atoms with E-state index in [4.69, 9.17) is 5.73 Å². The van der Waals surface area contributed by atoms with Crippen molar-refractivity contribution in [1.29, 1.82) is 0 Å². The van der Waals surface area contributed by atoms with Gasteiger partial charge < -0.3 is 20.9 Å². The normalized spacial score (nSPS) is 15.8. The summed E-state index contributed by atoms with van der Waals surface area (Å²) in [6.45, 7) is 1.56. The van der Waals surface area contributed by atoms with Gasteiger partial charge in [0.15, 0.2) is 0 Å². The quantitative estimate of drug-likeness (QED) is 0.812. The van der Waals surface area contributed by atoms with Crippen molar-refractivity contribution in [2.75, 3.05) is 32.5 Å². The minimum atomic E-state index is -0.417. The van der Waals surface area contributed by atoms with Gasteiger partial charge in [-0.3, -0.25) is 9.48 Å². The molecule has 0 aromatic carbocycles. The van der Waals surface area contributed by atoms with E-state index in [0.29, 0.717) is 6.04 Å². The molecule has 8 heteroatoms. The Bertz CT molecular complexity index is 505. The number of amides is 3. The van der Waals surface area contributed by atoms with Crippen LogP contribution in [0.15, 0.2) is 12.4 Å². The lowest BCUT2D eigenvalue weighted by atomic mass is 10.1. The molecule has 1 aliphatic rings. The van der Waals surface area contributed by atoms with Gasteiger partial charge in [0, 0.05) is 39.4 Å². The number of nitrogens with two attached hydrogens (primary N) is 1. The third kappa shape index (κ3) is 4.11. The topological polar surface area (TPSA) is 96.5 Å². The summed E-state index contributed by atoms with van der Waals surface area (Å²) in [5.41, 5.74) is 5.99. The van der Waals surface area contributed by atoms with Gasteiger partial charge >= 0.3 is 6.03 Å². The lowest BCUT2D eigenvalue weighted by molar-refractivity contribution is -0.118. The highest BCUT2D eigenvalue weighted by Crippen LogP contribution is 2.16. The third-order valence-corrected chi connectivity index (χ3v) is 3.47. The van der Waals surface area contributed by atoms with Crippen molar-refractivity contribution in [1.82, 2.24) is 19.6 Å². The van der Waals surface area contributed by atoms with Crippen molar-refractivity contribution < 1.29 is 9.59 Å². The van der Waals surface area contributed by atoms with E-state index in [-0.39, 0.29) is 12.6 Å². The maximum absolute atomic E-state index is 11.8. The lowest BCUT2D eigenvalue weighted by Crippen LogP contribution is -2.46. The second-order valence-electron chi connectivity index (χ2n) is 5.48. The Morgan fingerprint density at radius 3 is 2.67 bits per heavy atom. The summed E-state index contributed by atoms with van der Waals surface area (Å²) < 4.78 is 1.51. The van der Waals surface area contributed by atoms with Crippen LogP contribution in [-0.4, -0.2) is 64.7 Å². The number of nitrogens with one attached hydrogen (secondary N) is 1. The molecule has 1 aliphatic heterocycles. The number of anilines is 1. The van der Waals surface area contributed by atoms with Crippen LogP contribution in [0.1, 0.15) is 12.8 Å². The Hall–Kier alpha value is -2.25. The molecule has 1 aromatic heterocycles. The zero-order valence-electron chi connectivity index (χ0n) is 12.5. The van der Waals surface area contributed by atoms with Crippen LogP contribution in [0.5, 0.6) is 0 Å². The van der Waals surface area contributed by atoms with Crippen LogP contribution in [0.3, 0.4) is 0 Å². The highest BCUT2D eigenvalue weighted by Gasteiger charge is 2.23. The first kappa shape index (κ1) is 15.1. The number of nitrogens with zero attached hydrogens (tertiary/aromatic N) is 4. The van der Waals surface area contributed by atoms with Gasteiger partial charge in [-0.05, 0) is 12.8 Å². The van der Waals surface area contributed by atoms with Gasteiger partial charge in [-0.1, -0.05) is 0 Å². The molecular weight excluding hydrogens is 272 g/mol. The number of urea groups is 1. The van der Waals surface area contributed by atoms with E-state index in [1.807, 2.05) is 4.90 Å². The van der Waals surface area contributed by atoms with Gasteiger partial charge in [0.2, 0.25) is 5.91 Å². The van der Waals surface area contributed by atoms with Gasteiger partial charge in [-0.25, -0.2) is 4.79 Å². The number of carbonyl (C=O) groups excluding carboxylic acids is 2. The zero-order valence-corrected chi connectivity index (χ0v) is 12.5. The summed E-state index contributed by atoms with van der Waals surface area (Å²) in [4.78, 5) is 26.1. The molecule has 2 rings (SSSR count). The molecule has 1 fully saturated rings. The maximum atomic E-state index is 11.8. The predicted molar refractivity (Wildman–Crippen MR) is 78.7 cm³/mol. The Morgan fingerprint density at radius 2 is 2.10 bits per heavy atom. The second-order valence-corrected chi connectivity index (χ2v) is 5.48. The zero-order chi connectivity index (χ0) is 15.4. The number of hydrogen-bond acceptors (Lipinski definition) is 4. The standard InChI is InChI=1S/C13H22N6O2/c1-17(2)13(21)18-5-3-10(4-6-18)16-11-7-15-19(8-11)9-12(14)20/h7-8,10,16H,3-6,9H2,1-2H3,(H2,14,20). The molecule has 1 aromatic rings. The van der Waals surface area contributed by atoms with E-state index in [1.54, 1.807) is 31.4 Å². The predicted octanol–water partition coefficient (Wildman–Crippen LogP) is -0.0737. The number of primary amides is 1. The SMILES string of the molecule is CN(C)C(=O)N1CCC(Nc2cnn(CC(N)=O)c2)CC1. The van der Waals surface area contributed by atoms with Crippen LogP contribution < -0.4 is 11.1 Å². The molecule has 0 aliphatic carbocycles. The minimum absolute atomic E-state index is 0.0581. The van der Waals surface area contributed by atoms with Crippen molar-refractivity contribution in [3.8, 4) is 0 Å². The number of piperidine rings is 1. The first-order chi connectivity index (χ1) is 9.95. The molecule has 0 unspecified atom stereocenters. The fourth-order valence-electron chi connectivity index (χ4n) is 2.42. The van der Waals surface area contributed by atoms with Crippen molar-refractivity contribution >= 4 is 17.6 Å². The first-order valence-electron chi connectivity index (χ1n) is 6.99. The van der Waals surface area contributed by atoms with Crippen LogP contribution >= 0.6 is 0 Å². The van der Waals surface area contributed by atoms with Crippen LogP contribution in [0.4, 0.5) is 10.5 Å². The Morgan fingerprint density at radius 1 is 1.43 bits per heavy atom. The van der Waals surface area contributed by atoms with Gasteiger partial charge in [-0.2, -0.15) is 5.10 Å². The van der Waals surface area contributed by atoms with Crippen LogP contribution in [0.2, 0.25) is 0 Å². The van der Waals surface area contributed by atoms with Crippen LogP contribution in [-0.2, 0) is 11.3 Å². The Balaban J connectivity index is 1.82. The molecule has 3 N–H and O–H groups in total. The monoisotopic (exact) mass is 294 g/mol.